The van der Waals surface area contributed by atoms with Crippen LogP contribution in [-0.4, -0.2) is 30.5 Å². The van der Waals surface area contributed by atoms with Crippen LogP contribution >= 0.6 is 15.9 Å². The van der Waals surface area contributed by atoms with Crippen molar-refractivity contribution >= 4 is 27.9 Å². The van der Waals surface area contributed by atoms with Gasteiger partial charge in [0, 0.05) is 22.7 Å². The van der Waals surface area contributed by atoms with Crippen molar-refractivity contribution in [3.63, 3.8) is 0 Å². The van der Waals surface area contributed by atoms with Crippen LogP contribution in [0.2, 0.25) is 0 Å². The fourth-order valence-corrected chi connectivity index (χ4v) is 4.08. The zero-order valence-corrected chi connectivity index (χ0v) is 17.5. The lowest BCUT2D eigenvalue weighted by molar-refractivity contribution is -0.926. The average Bonchev–Trinajstić information content (AvgIpc) is 2.66. The highest BCUT2D eigenvalue weighted by Gasteiger charge is 2.24. The van der Waals surface area contributed by atoms with Crippen molar-refractivity contribution in [1.29, 1.82) is 0 Å². The molecule has 4 heteroatoms. The molecule has 2 aromatic rings. The lowest BCUT2D eigenvalue weighted by Crippen LogP contribution is -2.46. The number of piperidine rings is 1. The number of amides is 1. The quantitative estimate of drug-likeness (QED) is 0.514. The Morgan fingerprint density at radius 3 is 2.48 bits per heavy atom. The Hall–Kier alpha value is -1.91. The number of carbonyl (C=O) groups is 1. The summed E-state index contributed by atoms with van der Waals surface area (Å²) in [5, 5.41) is 2.95. The maximum atomic E-state index is 12.0. The molecule has 2 aromatic carbocycles. The number of hydrogen-bond donors (Lipinski definition) is 1. The van der Waals surface area contributed by atoms with Crippen molar-refractivity contribution in [2.75, 3.05) is 20.1 Å². The molecular weight excluding hydrogens is 400 g/mol. The number of rotatable bonds is 6. The molecule has 0 aromatic heterocycles. The van der Waals surface area contributed by atoms with Gasteiger partial charge in [-0.1, -0.05) is 52.3 Å². The fourth-order valence-electron chi connectivity index (χ4n) is 3.67. The zero-order valence-electron chi connectivity index (χ0n) is 16.0. The predicted octanol–water partition coefficient (Wildman–Crippen LogP) is 4.91. The highest BCUT2D eigenvalue weighted by atomic mass is 79.9. The van der Waals surface area contributed by atoms with Gasteiger partial charge in [-0.2, -0.15) is 0 Å². The lowest BCUT2D eigenvalue weighted by Gasteiger charge is -2.37. The van der Waals surface area contributed by atoms with Gasteiger partial charge in [0.15, 0.2) is 0 Å². The Balaban J connectivity index is 1.48. The largest absolute Gasteiger partial charge is 0.348 e. The highest BCUT2D eigenvalue weighted by Crippen LogP contribution is 2.20. The van der Waals surface area contributed by atoms with E-state index in [0.29, 0.717) is 6.54 Å². The van der Waals surface area contributed by atoms with Crippen molar-refractivity contribution in [2.24, 2.45) is 0 Å². The summed E-state index contributed by atoms with van der Waals surface area (Å²) < 4.78 is 2.15. The van der Waals surface area contributed by atoms with Gasteiger partial charge in [0.05, 0.1) is 20.1 Å². The number of likely N-dealkylation sites (tertiary alicyclic amines) is 1. The van der Waals surface area contributed by atoms with Gasteiger partial charge in [0.1, 0.15) is 6.54 Å². The summed E-state index contributed by atoms with van der Waals surface area (Å²) in [6, 6.07) is 16.5. The molecule has 0 unspecified atom stereocenters. The second-order valence-corrected chi connectivity index (χ2v) is 8.62. The van der Waals surface area contributed by atoms with E-state index in [-0.39, 0.29) is 5.91 Å². The molecule has 1 aliphatic heterocycles. The number of benzene rings is 2. The highest BCUT2D eigenvalue weighted by molar-refractivity contribution is 9.10. The Bertz CT molecular complexity index is 792. The molecule has 0 atom stereocenters. The summed E-state index contributed by atoms with van der Waals surface area (Å²) in [5.74, 6) is -0.0783. The summed E-state index contributed by atoms with van der Waals surface area (Å²) in [7, 11) is 2.37. The molecule has 0 aliphatic carbocycles. The first-order chi connectivity index (χ1) is 13.0. The minimum Gasteiger partial charge on any atom is -0.348 e. The summed E-state index contributed by atoms with van der Waals surface area (Å²) in [6.07, 6.45) is 7.47. The van der Waals surface area contributed by atoms with Gasteiger partial charge in [-0.3, -0.25) is 4.79 Å². The number of hydrogen-bond acceptors (Lipinski definition) is 1. The number of nitrogens with zero attached hydrogens (tertiary/aromatic N) is 1. The second kappa shape index (κ2) is 9.34. The summed E-state index contributed by atoms with van der Waals surface area (Å²) in [4.78, 5) is 12.0. The molecule has 1 aliphatic rings. The van der Waals surface area contributed by atoms with E-state index < -0.39 is 0 Å². The van der Waals surface area contributed by atoms with Gasteiger partial charge < -0.3 is 9.80 Å². The first kappa shape index (κ1) is 19.8. The minimum atomic E-state index is -0.0783. The van der Waals surface area contributed by atoms with Crippen molar-refractivity contribution in [3.05, 3.63) is 75.8 Å². The van der Waals surface area contributed by atoms with Crippen molar-refractivity contribution in [2.45, 2.75) is 32.4 Å². The molecule has 0 spiro atoms. The van der Waals surface area contributed by atoms with Gasteiger partial charge in [-0.25, -0.2) is 0 Å². The van der Waals surface area contributed by atoms with Gasteiger partial charge >= 0.3 is 0 Å². The number of nitrogens with one attached hydrogen (secondary N) is 1. The number of carbonyl (C=O) groups excluding carboxylic acids is 1. The Morgan fingerprint density at radius 2 is 1.78 bits per heavy atom. The molecule has 1 amide bonds. The molecule has 27 heavy (non-hydrogen) atoms. The molecule has 0 saturated carbocycles. The monoisotopic (exact) mass is 427 g/mol. The van der Waals surface area contributed by atoms with Gasteiger partial charge in [0.2, 0.25) is 5.91 Å². The van der Waals surface area contributed by atoms with Crippen LogP contribution < -0.4 is 5.32 Å². The molecule has 142 valence electrons. The molecular formula is C23H28BrN2O+. The smallest absolute Gasteiger partial charge is 0.244 e. The summed E-state index contributed by atoms with van der Waals surface area (Å²) in [6.45, 7) is 4.21. The van der Waals surface area contributed by atoms with Crippen LogP contribution in [0.3, 0.4) is 0 Å². The Labute approximate surface area is 170 Å². The second-order valence-electron chi connectivity index (χ2n) is 7.71. The molecule has 1 N–H and O–H groups in total. The van der Waals surface area contributed by atoms with Gasteiger partial charge in [-0.15, -0.1) is 0 Å². The van der Waals surface area contributed by atoms with E-state index in [1.54, 1.807) is 6.08 Å². The van der Waals surface area contributed by atoms with E-state index >= 15 is 0 Å². The molecule has 3 nitrogen and oxygen atoms in total. The summed E-state index contributed by atoms with van der Waals surface area (Å²) in [5.41, 5.74) is 3.51. The zero-order chi connectivity index (χ0) is 19.1. The molecule has 0 bridgehead atoms. The van der Waals surface area contributed by atoms with Crippen molar-refractivity contribution in [1.82, 2.24) is 5.32 Å². The van der Waals surface area contributed by atoms with E-state index in [9.17, 15) is 4.79 Å². The van der Waals surface area contributed by atoms with E-state index in [0.717, 1.165) is 26.6 Å². The topological polar surface area (TPSA) is 29.1 Å². The maximum Gasteiger partial charge on any atom is 0.244 e. The van der Waals surface area contributed by atoms with Crippen LogP contribution in [0, 0.1) is 0 Å². The van der Waals surface area contributed by atoms with E-state index in [2.05, 4.69) is 52.6 Å². The molecule has 3 rings (SSSR count). The fraction of sp³-hybridized carbons (Fsp3) is 0.348. The maximum absolute atomic E-state index is 12.0. The third kappa shape index (κ3) is 6.33. The third-order valence-corrected chi connectivity index (χ3v) is 5.72. The lowest BCUT2D eigenvalue weighted by atomic mass is 10.1. The SMILES string of the molecule is C[N+]1(Cc2ccc(CNC(=O)C=Cc3cccc(Br)c3)cc2)CCCCC1. The Morgan fingerprint density at radius 1 is 1.07 bits per heavy atom. The van der Waals surface area contributed by atoms with Crippen LogP contribution in [0.25, 0.3) is 6.08 Å². The Kier molecular flexibility index (Phi) is 6.86. The normalized spacial score (nSPS) is 16.4. The number of halogens is 1. The minimum absolute atomic E-state index is 0.0783. The van der Waals surface area contributed by atoms with Crippen LogP contribution in [0.1, 0.15) is 36.0 Å². The van der Waals surface area contributed by atoms with E-state index in [1.807, 2.05) is 30.3 Å². The van der Waals surface area contributed by atoms with Crippen LogP contribution in [-0.2, 0) is 17.9 Å². The average molecular weight is 428 g/mol. The first-order valence-corrected chi connectivity index (χ1v) is 10.4. The standard InChI is InChI=1S/C23H27BrN2O/c1-26(14-3-2-4-15-26)18-21-10-8-20(9-11-21)17-25-23(27)13-12-19-6-5-7-22(24)16-19/h5-13,16H,2-4,14-15,17-18H2,1H3/p+1. The molecule has 1 heterocycles. The molecule has 1 fully saturated rings. The first-order valence-electron chi connectivity index (χ1n) is 9.65. The van der Waals surface area contributed by atoms with Gasteiger partial charge in [0.25, 0.3) is 0 Å². The predicted molar refractivity (Wildman–Crippen MR) is 115 cm³/mol. The third-order valence-electron chi connectivity index (χ3n) is 5.23. The van der Waals surface area contributed by atoms with E-state index in [1.165, 1.54) is 37.9 Å². The van der Waals surface area contributed by atoms with Crippen molar-refractivity contribution < 1.29 is 9.28 Å². The van der Waals surface area contributed by atoms with Crippen LogP contribution in [0.4, 0.5) is 0 Å². The van der Waals surface area contributed by atoms with Gasteiger partial charge in [-0.05, 0) is 48.6 Å². The molecule has 1 saturated heterocycles. The van der Waals surface area contributed by atoms with Crippen LogP contribution in [0.15, 0.2) is 59.1 Å². The van der Waals surface area contributed by atoms with Crippen LogP contribution in [0.5, 0.6) is 0 Å². The molecule has 0 radical (unpaired) electrons. The number of quaternary nitrogens is 1. The summed E-state index contributed by atoms with van der Waals surface area (Å²) >= 11 is 3.44. The van der Waals surface area contributed by atoms with Crippen molar-refractivity contribution in [3.8, 4) is 0 Å². The van der Waals surface area contributed by atoms with E-state index in [4.69, 9.17) is 0 Å².